The minimum atomic E-state index is -0.543. The average molecular weight is 235 g/mol. The number of benzene rings is 1. The molecule has 16 heavy (non-hydrogen) atoms. The molecule has 0 saturated carbocycles. The maximum absolute atomic E-state index is 12.1. The molecule has 1 spiro atoms. The van der Waals surface area contributed by atoms with E-state index in [-0.39, 0.29) is 5.91 Å². The Morgan fingerprint density at radius 2 is 2.25 bits per heavy atom. The Hall–Kier alpha value is -1.32. The molecule has 0 radical (unpaired) electrons. The summed E-state index contributed by atoms with van der Waals surface area (Å²) in [5.74, 6) is 0.0215. The fraction of sp³-hybridized carbons (Fsp3) is 0.250. The summed E-state index contributed by atoms with van der Waals surface area (Å²) in [6, 6.07) is 5.55. The number of anilines is 1. The number of carbonyl (C=O) groups is 1. The second-order valence-corrected chi connectivity index (χ2v) is 4.59. The van der Waals surface area contributed by atoms with Gasteiger partial charge in [-0.05, 0) is 17.7 Å². The van der Waals surface area contributed by atoms with Gasteiger partial charge in [0.2, 0.25) is 5.91 Å². The third kappa shape index (κ3) is 1.22. The smallest absolute Gasteiger partial charge is 0.240 e. The van der Waals surface area contributed by atoms with E-state index < -0.39 is 5.41 Å². The van der Waals surface area contributed by atoms with Crippen molar-refractivity contribution in [2.45, 2.75) is 5.41 Å². The molecule has 1 atom stereocenters. The van der Waals surface area contributed by atoms with E-state index in [2.05, 4.69) is 10.6 Å². The maximum atomic E-state index is 12.1. The normalized spacial score (nSPS) is 26.9. The predicted molar refractivity (Wildman–Crippen MR) is 63.8 cm³/mol. The molecule has 1 amide bonds. The molecule has 3 nitrogen and oxygen atoms in total. The van der Waals surface area contributed by atoms with E-state index in [4.69, 9.17) is 11.6 Å². The molecule has 1 aromatic carbocycles. The van der Waals surface area contributed by atoms with Gasteiger partial charge in [-0.15, -0.1) is 0 Å². The fourth-order valence-corrected chi connectivity index (χ4v) is 2.55. The highest BCUT2D eigenvalue weighted by Gasteiger charge is 2.45. The first-order valence-electron chi connectivity index (χ1n) is 5.22. The zero-order chi connectivity index (χ0) is 11.2. The number of amides is 1. The number of carbonyl (C=O) groups excluding carboxylic acids is 1. The summed E-state index contributed by atoms with van der Waals surface area (Å²) >= 11 is 5.91. The van der Waals surface area contributed by atoms with Crippen molar-refractivity contribution in [3.63, 3.8) is 0 Å². The first kappa shape index (κ1) is 9.87. The lowest BCUT2D eigenvalue weighted by molar-refractivity contribution is -0.119. The summed E-state index contributed by atoms with van der Waals surface area (Å²) in [7, 11) is 0. The van der Waals surface area contributed by atoms with Crippen LogP contribution in [0.4, 0.5) is 5.69 Å². The van der Waals surface area contributed by atoms with Gasteiger partial charge in [0.15, 0.2) is 0 Å². The molecule has 0 unspecified atom stereocenters. The van der Waals surface area contributed by atoms with Crippen LogP contribution in [0, 0.1) is 0 Å². The lowest BCUT2D eigenvalue weighted by Crippen LogP contribution is -2.44. The molecule has 0 aromatic heterocycles. The Balaban J connectivity index is 2.19. The Morgan fingerprint density at radius 1 is 1.38 bits per heavy atom. The second kappa shape index (κ2) is 3.34. The van der Waals surface area contributed by atoms with Gasteiger partial charge in [0.1, 0.15) is 5.41 Å². The average Bonchev–Trinajstić information content (AvgIpc) is 2.53. The quantitative estimate of drug-likeness (QED) is 0.671. The van der Waals surface area contributed by atoms with Crippen molar-refractivity contribution in [2.75, 3.05) is 18.4 Å². The standard InChI is InChI=1S/C12H11ClN2O/c13-8-2-3-9-10(6-8)15-11(16)12(9)4-1-5-14-7-12/h1-4,6,14H,5,7H2,(H,15,16)/t12-/m1/s1. The number of nitrogens with one attached hydrogen (secondary N) is 2. The van der Waals surface area contributed by atoms with E-state index in [0.717, 1.165) is 17.8 Å². The van der Waals surface area contributed by atoms with E-state index in [1.165, 1.54) is 0 Å². The molecule has 2 aliphatic rings. The van der Waals surface area contributed by atoms with Gasteiger partial charge in [0.25, 0.3) is 0 Å². The van der Waals surface area contributed by atoms with Crippen LogP contribution in [0.2, 0.25) is 5.02 Å². The van der Waals surface area contributed by atoms with Crippen LogP contribution in [0.5, 0.6) is 0 Å². The summed E-state index contributed by atoms with van der Waals surface area (Å²) in [6.45, 7) is 1.46. The lowest BCUT2D eigenvalue weighted by atomic mass is 9.80. The zero-order valence-corrected chi connectivity index (χ0v) is 9.34. The fourth-order valence-electron chi connectivity index (χ4n) is 2.38. The Morgan fingerprint density at radius 3 is 3.00 bits per heavy atom. The largest absolute Gasteiger partial charge is 0.325 e. The maximum Gasteiger partial charge on any atom is 0.240 e. The van der Waals surface area contributed by atoms with Gasteiger partial charge in [0.05, 0.1) is 0 Å². The third-order valence-corrected chi connectivity index (χ3v) is 3.42. The lowest BCUT2D eigenvalue weighted by Gasteiger charge is -2.27. The third-order valence-electron chi connectivity index (χ3n) is 3.18. The summed E-state index contributed by atoms with van der Waals surface area (Å²) < 4.78 is 0. The molecule has 0 aliphatic carbocycles. The van der Waals surface area contributed by atoms with Gasteiger partial charge in [-0.1, -0.05) is 29.8 Å². The summed E-state index contributed by atoms with van der Waals surface area (Å²) in [6.07, 6.45) is 3.98. The number of halogens is 1. The van der Waals surface area contributed by atoms with Crippen molar-refractivity contribution < 1.29 is 4.79 Å². The molecule has 0 bridgehead atoms. The first-order chi connectivity index (χ1) is 7.72. The monoisotopic (exact) mass is 234 g/mol. The van der Waals surface area contributed by atoms with Crippen LogP contribution in [0.1, 0.15) is 5.56 Å². The predicted octanol–water partition coefficient (Wildman–Crippen LogP) is 1.69. The van der Waals surface area contributed by atoms with E-state index in [1.54, 1.807) is 6.07 Å². The van der Waals surface area contributed by atoms with Crippen LogP contribution in [0.3, 0.4) is 0 Å². The molecule has 2 aliphatic heterocycles. The molecular weight excluding hydrogens is 224 g/mol. The Bertz CT molecular complexity index is 498. The number of fused-ring (bicyclic) bond motifs is 2. The topological polar surface area (TPSA) is 41.1 Å². The van der Waals surface area contributed by atoms with E-state index >= 15 is 0 Å². The Kier molecular flexibility index (Phi) is 2.06. The van der Waals surface area contributed by atoms with E-state index in [0.29, 0.717) is 11.6 Å². The molecule has 2 N–H and O–H groups in total. The molecule has 0 saturated heterocycles. The van der Waals surface area contributed by atoms with Gasteiger partial charge >= 0.3 is 0 Å². The molecular formula is C12H11ClN2O. The van der Waals surface area contributed by atoms with Crippen molar-refractivity contribution in [1.82, 2.24) is 5.32 Å². The van der Waals surface area contributed by atoms with Gasteiger partial charge in [0, 0.05) is 23.8 Å². The van der Waals surface area contributed by atoms with Crippen LogP contribution in [-0.4, -0.2) is 19.0 Å². The molecule has 4 heteroatoms. The molecule has 0 fully saturated rings. The highest BCUT2D eigenvalue weighted by Crippen LogP contribution is 2.40. The number of rotatable bonds is 0. The summed E-state index contributed by atoms with van der Waals surface area (Å²) in [5, 5.41) is 6.75. The minimum Gasteiger partial charge on any atom is -0.325 e. The number of hydrogen-bond acceptors (Lipinski definition) is 2. The van der Waals surface area contributed by atoms with Gasteiger partial charge in [-0.25, -0.2) is 0 Å². The van der Waals surface area contributed by atoms with Crippen molar-refractivity contribution >= 4 is 23.2 Å². The molecule has 82 valence electrons. The minimum absolute atomic E-state index is 0.0215. The van der Waals surface area contributed by atoms with E-state index in [1.807, 2.05) is 24.3 Å². The van der Waals surface area contributed by atoms with Crippen molar-refractivity contribution in [2.24, 2.45) is 0 Å². The number of hydrogen-bond donors (Lipinski definition) is 2. The van der Waals surface area contributed by atoms with Crippen molar-refractivity contribution in [3.8, 4) is 0 Å². The van der Waals surface area contributed by atoms with Gasteiger partial charge in [-0.3, -0.25) is 4.79 Å². The highest BCUT2D eigenvalue weighted by atomic mass is 35.5. The highest BCUT2D eigenvalue weighted by molar-refractivity contribution is 6.31. The Labute approximate surface area is 98.5 Å². The van der Waals surface area contributed by atoms with Crippen LogP contribution in [0.25, 0.3) is 0 Å². The van der Waals surface area contributed by atoms with Gasteiger partial charge < -0.3 is 10.6 Å². The summed E-state index contributed by atoms with van der Waals surface area (Å²) in [4.78, 5) is 12.1. The molecule has 3 rings (SSSR count). The molecule has 1 aromatic rings. The van der Waals surface area contributed by atoms with Gasteiger partial charge in [-0.2, -0.15) is 0 Å². The van der Waals surface area contributed by atoms with E-state index in [9.17, 15) is 4.79 Å². The van der Waals surface area contributed by atoms with Crippen molar-refractivity contribution in [3.05, 3.63) is 40.9 Å². The van der Waals surface area contributed by atoms with Crippen LogP contribution >= 0.6 is 11.6 Å². The molecule has 2 heterocycles. The van der Waals surface area contributed by atoms with Crippen LogP contribution < -0.4 is 10.6 Å². The van der Waals surface area contributed by atoms with Crippen LogP contribution in [0.15, 0.2) is 30.4 Å². The second-order valence-electron chi connectivity index (χ2n) is 4.15. The SMILES string of the molecule is O=C1Nc2cc(Cl)ccc2[C@]12C=CCNC2. The van der Waals surface area contributed by atoms with Crippen LogP contribution in [-0.2, 0) is 10.2 Å². The van der Waals surface area contributed by atoms with Crippen molar-refractivity contribution in [1.29, 1.82) is 0 Å². The summed E-state index contributed by atoms with van der Waals surface area (Å²) in [5.41, 5.74) is 1.29. The zero-order valence-electron chi connectivity index (χ0n) is 8.59. The first-order valence-corrected chi connectivity index (χ1v) is 5.60.